The lowest BCUT2D eigenvalue weighted by Crippen LogP contribution is -2.26. The van der Waals surface area contributed by atoms with Crippen LogP contribution in [0.5, 0.6) is 0 Å². The Hall–Kier alpha value is -0.360. The zero-order chi connectivity index (χ0) is 13.4. The van der Waals surface area contributed by atoms with Gasteiger partial charge in [0.2, 0.25) is 5.91 Å². The molecule has 0 aliphatic carbocycles. The Labute approximate surface area is 137 Å². The van der Waals surface area contributed by atoms with Crippen LogP contribution in [-0.4, -0.2) is 23.5 Å². The number of unbranched alkanes of at least 4 members (excludes halogenated alkanes) is 1. The summed E-state index contributed by atoms with van der Waals surface area (Å²) in [4.78, 5) is 15.8. The number of nitrogens with one attached hydrogen (secondary N) is 1. The lowest BCUT2D eigenvalue weighted by Gasteiger charge is -2.06. The van der Waals surface area contributed by atoms with Gasteiger partial charge in [0.1, 0.15) is 0 Å². The van der Waals surface area contributed by atoms with Gasteiger partial charge < -0.3 is 11.1 Å². The maximum absolute atomic E-state index is 11.4. The van der Waals surface area contributed by atoms with E-state index in [4.69, 9.17) is 5.73 Å². The highest BCUT2D eigenvalue weighted by molar-refractivity contribution is 7.09. The molecule has 118 valence electrons. The number of hydrogen-bond donors (Lipinski definition) is 2. The number of nitrogens with zero attached hydrogens (tertiary/aromatic N) is 1. The van der Waals surface area contributed by atoms with Crippen molar-refractivity contribution in [2.75, 3.05) is 6.54 Å². The van der Waals surface area contributed by atoms with E-state index in [1.807, 2.05) is 13.8 Å². The summed E-state index contributed by atoms with van der Waals surface area (Å²) in [6.45, 7) is 4.68. The Balaban J connectivity index is 0. The van der Waals surface area contributed by atoms with E-state index in [0.29, 0.717) is 6.42 Å². The largest absolute Gasteiger partial charge is 0.356 e. The fourth-order valence-electron chi connectivity index (χ4n) is 1.59. The van der Waals surface area contributed by atoms with Gasteiger partial charge in [-0.1, -0.05) is 0 Å². The van der Waals surface area contributed by atoms with Gasteiger partial charge in [-0.15, -0.1) is 36.2 Å². The average Bonchev–Trinajstić information content (AvgIpc) is 2.72. The second-order valence-electron chi connectivity index (χ2n) is 4.71. The van der Waals surface area contributed by atoms with Crippen LogP contribution in [0.4, 0.5) is 0 Å². The molecular weight excluding hydrogens is 317 g/mol. The molecule has 0 bridgehead atoms. The van der Waals surface area contributed by atoms with E-state index in [9.17, 15) is 4.79 Å². The number of carbonyl (C=O) groups is 1. The summed E-state index contributed by atoms with van der Waals surface area (Å²) < 4.78 is 0. The average molecular weight is 342 g/mol. The maximum Gasteiger partial charge on any atom is 0.220 e. The van der Waals surface area contributed by atoms with E-state index < -0.39 is 0 Å². The van der Waals surface area contributed by atoms with E-state index in [1.54, 1.807) is 11.3 Å². The summed E-state index contributed by atoms with van der Waals surface area (Å²) in [5.74, 6) is 0.109. The van der Waals surface area contributed by atoms with Gasteiger partial charge in [0.25, 0.3) is 0 Å². The van der Waals surface area contributed by atoms with Crippen molar-refractivity contribution in [2.24, 2.45) is 5.73 Å². The number of nitrogens with two attached hydrogens (primary N) is 1. The number of thiazole rings is 1. The summed E-state index contributed by atoms with van der Waals surface area (Å²) in [7, 11) is 0. The molecule has 1 aromatic heterocycles. The van der Waals surface area contributed by atoms with Crippen LogP contribution in [0.15, 0.2) is 5.38 Å². The summed E-state index contributed by atoms with van der Waals surface area (Å²) >= 11 is 1.71. The maximum atomic E-state index is 11.4. The van der Waals surface area contributed by atoms with Crippen LogP contribution in [0.1, 0.15) is 43.3 Å². The third-order valence-electron chi connectivity index (χ3n) is 2.63. The number of amides is 1. The minimum atomic E-state index is 0. The number of carbonyl (C=O) groups excluding carboxylic acids is 1. The first-order chi connectivity index (χ1) is 8.58. The first-order valence-corrected chi connectivity index (χ1v) is 7.39. The van der Waals surface area contributed by atoms with Crippen LogP contribution in [-0.2, 0) is 11.2 Å². The standard InChI is InChI=1S/C13H23N3OS.2ClH/c1-10(14)6-7-12(17)15-8-4-3-5-13-16-11(2)9-18-13;;/h9-10H,3-8,14H2,1-2H3,(H,15,17);2*1H. The zero-order valence-electron chi connectivity index (χ0n) is 12.1. The van der Waals surface area contributed by atoms with Gasteiger partial charge in [-0.05, 0) is 39.5 Å². The SMILES string of the molecule is Cc1csc(CCCCNC(=O)CCC(C)N)n1.Cl.Cl. The van der Waals surface area contributed by atoms with Gasteiger partial charge in [0.15, 0.2) is 0 Å². The Morgan fingerprint density at radius 1 is 1.45 bits per heavy atom. The Kier molecular flexibility index (Phi) is 13.6. The summed E-state index contributed by atoms with van der Waals surface area (Å²) in [6.07, 6.45) is 4.37. The Bertz CT molecular complexity index is 372. The molecule has 0 aliphatic heterocycles. The molecule has 0 spiro atoms. The highest BCUT2D eigenvalue weighted by Crippen LogP contribution is 2.11. The molecule has 1 rings (SSSR count). The molecule has 0 radical (unpaired) electrons. The molecule has 0 saturated heterocycles. The van der Waals surface area contributed by atoms with Gasteiger partial charge in [0.05, 0.1) is 5.01 Å². The van der Waals surface area contributed by atoms with Crippen LogP contribution >= 0.6 is 36.2 Å². The molecule has 1 heterocycles. The minimum absolute atomic E-state index is 0. The topological polar surface area (TPSA) is 68.0 Å². The van der Waals surface area contributed by atoms with Gasteiger partial charge in [-0.25, -0.2) is 4.98 Å². The van der Waals surface area contributed by atoms with Gasteiger partial charge in [0, 0.05) is 30.1 Å². The summed E-state index contributed by atoms with van der Waals surface area (Å²) in [5, 5.41) is 6.18. The third-order valence-corrected chi connectivity index (χ3v) is 3.66. The smallest absolute Gasteiger partial charge is 0.220 e. The van der Waals surface area contributed by atoms with Crippen molar-refractivity contribution in [3.05, 3.63) is 16.1 Å². The molecule has 1 unspecified atom stereocenters. The van der Waals surface area contributed by atoms with Crippen molar-refractivity contribution in [3.63, 3.8) is 0 Å². The molecular formula is C13H25Cl2N3OS. The molecule has 3 N–H and O–H groups in total. The monoisotopic (exact) mass is 341 g/mol. The van der Waals surface area contributed by atoms with Crippen LogP contribution in [0.3, 0.4) is 0 Å². The van der Waals surface area contributed by atoms with Crippen molar-refractivity contribution in [1.82, 2.24) is 10.3 Å². The van der Waals surface area contributed by atoms with Crippen LogP contribution in [0.25, 0.3) is 0 Å². The molecule has 0 saturated carbocycles. The van der Waals surface area contributed by atoms with E-state index >= 15 is 0 Å². The quantitative estimate of drug-likeness (QED) is 0.714. The zero-order valence-corrected chi connectivity index (χ0v) is 14.5. The second-order valence-corrected chi connectivity index (χ2v) is 5.65. The fraction of sp³-hybridized carbons (Fsp3) is 0.692. The molecule has 0 aliphatic rings. The van der Waals surface area contributed by atoms with Crippen LogP contribution in [0, 0.1) is 6.92 Å². The first-order valence-electron chi connectivity index (χ1n) is 6.51. The fourth-order valence-corrected chi connectivity index (χ4v) is 2.41. The first kappa shape index (κ1) is 21.9. The number of hydrogen-bond acceptors (Lipinski definition) is 4. The molecule has 7 heteroatoms. The van der Waals surface area contributed by atoms with E-state index in [1.165, 1.54) is 5.01 Å². The predicted molar refractivity (Wildman–Crippen MR) is 90.2 cm³/mol. The number of halogens is 2. The molecule has 0 aromatic carbocycles. The molecule has 1 amide bonds. The Morgan fingerprint density at radius 2 is 2.15 bits per heavy atom. The van der Waals surface area contributed by atoms with Gasteiger partial charge in [-0.2, -0.15) is 0 Å². The van der Waals surface area contributed by atoms with Gasteiger partial charge >= 0.3 is 0 Å². The summed E-state index contributed by atoms with van der Waals surface area (Å²) in [6, 6.07) is 0.101. The van der Waals surface area contributed by atoms with E-state index in [0.717, 1.165) is 37.9 Å². The normalized spacial score (nSPS) is 11.2. The number of aryl methyl sites for hydroxylation is 2. The molecule has 1 aromatic rings. The Morgan fingerprint density at radius 3 is 2.70 bits per heavy atom. The predicted octanol–water partition coefficient (Wildman–Crippen LogP) is 2.86. The number of aromatic nitrogens is 1. The molecule has 4 nitrogen and oxygen atoms in total. The van der Waals surface area contributed by atoms with E-state index in [2.05, 4.69) is 15.7 Å². The summed E-state index contributed by atoms with van der Waals surface area (Å²) in [5.41, 5.74) is 6.69. The van der Waals surface area contributed by atoms with Crippen molar-refractivity contribution >= 4 is 42.1 Å². The molecule has 1 atom stereocenters. The highest BCUT2D eigenvalue weighted by atomic mass is 35.5. The number of rotatable bonds is 8. The van der Waals surface area contributed by atoms with Crippen molar-refractivity contribution < 1.29 is 4.79 Å². The second kappa shape index (κ2) is 12.4. The van der Waals surface area contributed by atoms with Crippen molar-refractivity contribution in [3.8, 4) is 0 Å². The van der Waals surface area contributed by atoms with Crippen molar-refractivity contribution in [2.45, 2.75) is 52.0 Å². The molecule has 20 heavy (non-hydrogen) atoms. The molecule has 0 fully saturated rings. The lowest BCUT2D eigenvalue weighted by molar-refractivity contribution is -0.121. The third kappa shape index (κ3) is 10.4. The van der Waals surface area contributed by atoms with Crippen LogP contribution < -0.4 is 11.1 Å². The van der Waals surface area contributed by atoms with Crippen molar-refractivity contribution in [1.29, 1.82) is 0 Å². The highest BCUT2D eigenvalue weighted by Gasteiger charge is 2.03. The minimum Gasteiger partial charge on any atom is -0.356 e. The van der Waals surface area contributed by atoms with Gasteiger partial charge in [-0.3, -0.25) is 4.79 Å². The lowest BCUT2D eigenvalue weighted by atomic mass is 10.2. The van der Waals surface area contributed by atoms with Crippen LogP contribution in [0.2, 0.25) is 0 Å². The van der Waals surface area contributed by atoms with E-state index in [-0.39, 0.29) is 36.8 Å².